The number of rotatable bonds is 4. The second-order valence-corrected chi connectivity index (χ2v) is 8.05. The normalized spacial score (nSPS) is 13.6. The lowest BCUT2D eigenvalue weighted by Crippen LogP contribution is -2.16. The number of carbonyl (C=O) groups excluding carboxylic acids is 1. The summed E-state index contributed by atoms with van der Waals surface area (Å²) in [6.07, 6.45) is 5.90. The molecule has 0 saturated heterocycles. The van der Waals surface area contributed by atoms with Gasteiger partial charge in [0.25, 0.3) is 0 Å². The van der Waals surface area contributed by atoms with E-state index in [1.807, 2.05) is 0 Å². The van der Waals surface area contributed by atoms with Gasteiger partial charge in [0, 0.05) is 10.3 Å². The van der Waals surface area contributed by atoms with E-state index >= 15 is 0 Å². The first-order valence-corrected chi connectivity index (χ1v) is 10.1. The summed E-state index contributed by atoms with van der Waals surface area (Å²) >= 11 is 2.96. The Balaban J connectivity index is 1.53. The van der Waals surface area contributed by atoms with Gasteiger partial charge in [0.2, 0.25) is 5.91 Å². The van der Waals surface area contributed by atoms with Gasteiger partial charge in [-0.3, -0.25) is 4.79 Å². The molecule has 1 aliphatic carbocycles. The summed E-state index contributed by atoms with van der Waals surface area (Å²) in [7, 11) is 0. The molecule has 0 unspecified atom stereocenters. The first-order chi connectivity index (χ1) is 12.6. The molecule has 0 radical (unpaired) electrons. The van der Waals surface area contributed by atoms with Crippen LogP contribution in [-0.2, 0) is 17.6 Å². The van der Waals surface area contributed by atoms with Crippen LogP contribution < -0.4 is 5.32 Å². The van der Waals surface area contributed by atoms with Crippen LogP contribution in [0.2, 0.25) is 0 Å². The molecule has 0 fully saturated rings. The summed E-state index contributed by atoms with van der Waals surface area (Å²) in [4.78, 5) is 23.1. The predicted octanol–water partition coefficient (Wildman–Crippen LogP) is 4.58. The number of thiophene rings is 1. The highest BCUT2D eigenvalue weighted by atomic mass is 32.2. The average Bonchev–Trinajstić information content (AvgIpc) is 3.02. The van der Waals surface area contributed by atoms with Crippen LogP contribution in [0.1, 0.15) is 23.3 Å². The van der Waals surface area contributed by atoms with Gasteiger partial charge < -0.3 is 5.32 Å². The zero-order valence-electron chi connectivity index (χ0n) is 13.7. The highest BCUT2D eigenvalue weighted by Gasteiger charge is 2.20. The number of hydrogen-bond donors (Lipinski definition) is 1. The summed E-state index contributed by atoms with van der Waals surface area (Å²) in [6.45, 7) is 0. The standard InChI is InChI=1S/C18H15F2N3OS2/c19-11-5-3-6-12(20)16(11)23-14(24)8-25-17-15-10-4-1-2-7-13(10)26-18(15)22-9-21-17/h3,5-6,9H,1-2,4,7-8H2,(H,23,24). The third-order valence-electron chi connectivity index (χ3n) is 4.28. The van der Waals surface area contributed by atoms with Crippen molar-refractivity contribution in [2.75, 3.05) is 11.1 Å². The van der Waals surface area contributed by atoms with Crippen molar-refractivity contribution in [3.8, 4) is 0 Å². The number of nitrogens with zero attached hydrogens (tertiary/aromatic N) is 2. The molecule has 4 nitrogen and oxygen atoms in total. The van der Waals surface area contributed by atoms with Crippen LogP contribution in [0, 0.1) is 11.6 Å². The second kappa shape index (κ2) is 7.28. The molecule has 26 heavy (non-hydrogen) atoms. The minimum absolute atomic E-state index is 0.0184. The molecule has 0 atom stereocenters. The van der Waals surface area contributed by atoms with E-state index in [1.165, 1.54) is 41.0 Å². The molecule has 0 aliphatic heterocycles. The molecule has 0 spiro atoms. The Hall–Kier alpha value is -2.06. The fourth-order valence-electron chi connectivity index (χ4n) is 3.10. The number of nitrogens with one attached hydrogen (secondary N) is 1. The molecular formula is C18H15F2N3OS2. The fraction of sp³-hybridized carbons (Fsp3) is 0.278. The lowest BCUT2D eigenvalue weighted by molar-refractivity contribution is -0.113. The van der Waals surface area contributed by atoms with Crippen molar-refractivity contribution in [2.45, 2.75) is 30.7 Å². The lowest BCUT2D eigenvalue weighted by Gasteiger charge is -2.11. The Morgan fingerprint density at radius 1 is 1.19 bits per heavy atom. The SMILES string of the molecule is O=C(CSc1ncnc2sc3c(c12)CCCC3)Nc1c(F)cccc1F. The topological polar surface area (TPSA) is 54.9 Å². The molecule has 134 valence electrons. The second-order valence-electron chi connectivity index (χ2n) is 6.00. The van der Waals surface area contributed by atoms with Crippen molar-refractivity contribution in [1.82, 2.24) is 9.97 Å². The number of anilines is 1. The molecule has 2 aromatic heterocycles. The molecule has 4 rings (SSSR count). The third-order valence-corrected chi connectivity index (χ3v) is 6.47. The van der Waals surface area contributed by atoms with Gasteiger partial charge >= 0.3 is 0 Å². The highest BCUT2D eigenvalue weighted by Crippen LogP contribution is 2.39. The number of thioether (sulfide) groups is 1. The van der Waals surface area contributed by atoms with Crippen molar-refractivity contribution >= 4 is 44.9 Å². The maximum atomic E-state index is 13.6. The van der Waals surface area contributed by atoms with Gasteiger partial charge in [-0.2, -0.15) is 0 Å². The van der Waals surface area contributed by atoms with Crippen LogP contribution in [0.3, 0.4) is 0 Å². The Bertz CT molecular complexity index is 970. The molecule has 3 aromatic rings. The summed E-state index contributed by atoms with van der Waals surface area (Å²) in [5, 5.41) is 4.08. The molecule has 1 aliphatic rings. The minimum Gasteiger partial charge on any atom is -0.320 e. The van der Waals surface area contributed by atoms with E-state index in [1.54, 1.807) is 11.3 Å². The molecule has 8 heteroatoms. The molecule has 1 amide bonds. The summed E-state index contributed by atoms with van der Waals surface area (Å²) in [5.74, 6) is -2.04. The van der Waals surface area contributed by atoms with E-state index in [4.69, 9.17) is 0 Å². The van der Waals surface area contributed by atoms with Crippen molar-refractivity contribution in [3.63, 3.8) is 0 Å². The van der Waals surface area contributed by atoms with Gasteiger partial charge in [0.05, 0.1) is 5.75 Å². The number of para-hydroxylation sites is 1. The smallest absolute Gasteiger partial charge is 0.234 e. The summed E-state index contributed by atoms with van der Waals surface area (Å²) < 4.78 is 27.3. The van der Waals surface area contributed by atoms with Crippen LogP contribution >= 0.6 is 23.1 Å². The number of halogens is 2. The first kappa shape index (κ1) is 17.4. The zero-order valence-corrected chi connectivity index (χ0v) is 15.4. The largest absolute Gasteiger partial charge is 0.320 e. The van der Waals surface area contributed by atoms with Gasteiger partial charge in [-0.25, -0.2) is 18.7 Å². The van der Waals surface area contributed by atoms with E-state index in [9.17, 15) is 13.6 Å². The summed E-state index contributed by atoms with van der Waals surface area (Å²) in [6, 6.07) is 3.47. The molecule has 1 N–H and O–H groups in total. The maximum Gasteiger partial charge on any atom is 0.234 e. The number of hydrogen-bond acceptors (Lipinski definition) is 5. The molecule has 2 heterocycles. The van der Waals surface area contributed by atoms with Gasteiger partial charge in [-0.15, -0.1) is 11.3 Å². The van der Waals surface area contributed by atoms with Crippen LogP contribution in [0.5, 0.6) is 0 Å². The van der Waals surface area contributed by atoms with Crippen molar-refractivity contribution in [1.29, 1.82) is 0 Å². The van der Waals surface area contributed by atoms with Crippen molar-refractivity contribution in [2.24, 2.45) is 0 Å². The first-order valence-electron chi connectivity index (χ1n) is 8.25. The molecule has 0 saturated carbocycles. The zero-order chi connectivity index (χ0) is 18.1. The van der Waals surface area contributed by atoms with Crippen LogP contribution in [0.15, 0.2) is 29.6 Å². The van der Waals surface area contributed by atoms with E-state index in [-0.39, 0.29) is 5.75 Å². The number of benzene rings is 1. The lowest BCUT2D eigenvalue weighted by atomic mass is 9.97. The third kappa shape index (κ3) is 3.31. The molecule has 1 aromatic carbocycles. The number of carbonyl (C=O) groups is 1. The Labute approximate surface area is 157 Å². The van der Waals surface area contributed by atoms with Crippen LogP contribution in [-0.4, -0.2) is 21.6 Å². The van der Waals surface area contributed by atoms with E-state index in [0.29, 0.717) is 0 Å². The van der Waals surface area contributed by atoms with Gasteiger partial charge in [-0.1, -0.05) is 17.8 Å². The molecular weight excluding hydrogens is 376 g/mol. The van der Waals surface area contributed by atoms with Crippen LogP contribution in [0.4, 0.5) is 14.5 Å². The van der Waals surface area contributed by atoms with Crippen molar-refractivity contribution < 1.29 is 13.6 Å². The van der Waals surface area contributed by atoms with Gasteiger partial charge in [-0.05, 0) is 43.4 Å². The predicted molar refractivity (Wildman–Crippen MR) is 99.8 cm³/mol. The minimum atomic E-state index is -0.792. The Morgan fingerprint density at radius 3 is 2.77 bits per heavy atom. The van der Waals surface area contributed by atoms with E-state index in [2.05, 4.69) is 15.3 Å². The Kier molecular flexibility index (Phi) is 4.86. The molecule has 0 bridgehead atoms. The number of aromatic nitrogens is 2. The number of amides is 1. The van der Waals surface area contributed by atoms with Gasteiger partial charge in [0.1, 0.15) is 33.5 Å². The number of aryl methyl sites for hydroxylation is 2. The maximum absolute atomic E-state index is 13.6. The Morgan fingerprint density at radius 2 is 1.96 bits per heavy atom. The van der Waals surface area contributed by atoms with E-state index in [0.717, 1.165) is 46.6 Å². The quantitative estimate of drug-likeness (QED) is 0.523. The highest BCUT2D eigenvalue weighted by molar-refractivity contribution is 8.00. The van der Waals surface area contributed by atoms with E-state index < -0.39 is 23.2 Å². The average molecular weight is 391 g/mol. The van der Waals surface area contributed by atoms with Crippen LogP contribution in [0.25, 0.3) is 10.2 Å². The monoisotopic (exact) mass is 391 g/mol. The van der Waals surface area contributed by atoms with Gasteiger partial charge in [0.15, 0.2) is 0 Å². The number of fused-ring (bicyclic) bond motifs is 3. The summed E-state index contributed by atoms with van der Waals surface area (Å²) in [5.41, 5.74) is 0.874. The van der Waals surface area contributed by atoms with Crippen molar-refractivity contribution in [3.05, 3.63) is 46.6 Å². The fourth-order valence-corrected chi connectivity index (χ4v) is 5.22.